The first-order valence-electron chi connectivity index (χ1n) is 7.96. The largest absolute Gasteiger partial charge is 0.367 e. The lowest BCUT2D eigenvalue weighted by Crippen LogP contribution is -2.33. The van der Waals surface area contributed by atoms with Gasteiger partial charge < -0.3 is 11.1 Å². The number of nitrogens with two attached hydrogens (primary N) is 1. The number of rotatable bonds is 3. The van der Waals surface area contributed by atoms with E-state index in [1.165, 1.54) is 0 Å². The standard InChI is InChI=1S/C17H19N5S/c18-11-1-3-12(4-2-11)21-16-5-7-20-17(22-16)14-9-19-10-15-13(14)6-8-23-15/h5-12H,1-4,18H2,(H,20,21,22). The number of hydrogen-bond donors (Lipinski definition) is 2. The van der Waals surface area contributed by atoms with E-state index in [2.05, 4.69) is 26.7 Å². The van der Waals surface area contributed by atoms with Gasteiger partial charge >= 0.3 is 0 Å². The maximum Gasteiger partial charge on any atom is 0.163 e. The van der Waals surface area contributed by atoms with Crippen molar-refractivity contribution in [2.75, 3.05) is 5.32 Å². The van der Waals surface area contributed by atoms with Gasteiger partial charge in [-0.25, -0.2) is 9.97 Å². The van der Waals surface area contributed by atoms with Crippen LogP contribution in [0.4, 0.5) is 5.82 Å². The van der Waals surface area contributed by atoms with Gasteiger partial charge in [-0.2, -0.15) is 0 Å². The summed E-state index contributed by atoms with van der Waals surface area (Å²) in [6, 6.07) is 4.84. The molecule has 3 heterocycles. The molecule has 0 radical (unpaired) electrons. The molecule has 5 nitrogen and oxygen atoms in total. The third-order valence-corrected chi connectivity index (χ3v) is 5.25. The highest BCUT2D eigenvalue weighted by Crippen LogP contribution is 2.29. The van der Waals surface area contributed by atoms with Crippen molar-refractivity contribution in [1.82, 2.24) is 15.0 Å². The maximum atomic E-state index is 5.97. The molecule has 0 aliphatic heterocycles. The molecule has 23 heavy (non-hydrogen) atoms. The molecule has 3 aromatic rings. The van der Waals surface area contributed by atoms with Crippen molar-refractivity contribution >= 4 is 27.2 Å². The smallest absolute Gasteiger partial charge is 0.163 e. The first-order valence-corrected chi connectivity index (χ1v) is 8.84. The van der Waals surface area contributed by atoms with E-state index < -0.39 is 0 Å². The van der Waals surface area contributed by atoms with E-state index in [0.717, 1.165) is 53.0 Å². The fourth-order valence-corrected chi connectivity index (χ4v) is 3.89. The van der Waals surface area contributed by atoms with Gasteiger partial charge in [0.05, 0.1) is 4.70 Å². The summed E-state index contributed by atoms with van der Waals surface area (Å²) in [4.78, 5) is 13.4. The van der Waals surface area contributed by atoms with Gasteiger partial charge in [-0.1, -0.05) is 0 Å². The Labute approximate surface area is 139 Å². The number of thiophene rings is 1. The molecule has 118 valence electrons. The van der Waals surface area contributed by atoms with Crippen molar-refractivity contribution in [2.24, 2.45) is 5.73 Å². The van der Waals surface area contributed by atoms with Crippen LogP contribution in [0.3, 0.4) is 0 Å². The number of nitrogens with one attached hydrogen (secondary N) is 1. The quantitative estimate of drug-likeness (QED) is 0.771. The Morgan fingerprint density at radius 3 is 2.87 bits per heavy atom. The third kappa shape index (κ3) is 3.04. The monoisotopic (exact) mass is 325 g/mol. The van der Waals surface area contributed by atoms with Crippen LogP contribution in [-0.4, -0.2) is 27.0 Å². The Balaban J connectivity index is 1.60. The fraction of sp³-hybridized carbons (Fsp3) is 0.353. The van der Waals surface area contributed by atoms with Gasteiger partial charge in [-0.3, -0.25) is 4.98 Å². The average molecular weight is 325 g/mol. The van der Waals surface area contributed by atoms with Gasteiger partial charge in [0.15, 0.2) is 5.82 Å². The Morgan fingerprint density at radius 1 is 1.13 bits per heavy atom. The number of anilines is 1. The van der Waals surface area contributed by atoms with Crippen molar-refractivity contribution < 1.29 is 0 Å². The number of pyridine rings is 1. The lowest BCUT2D eigenvalue weighted by molar-refractivity contribution is 0.410. The molecule has 0 bridgehead atoms. The van der Waals surface area contributed by atoms with Crippen LogP contribution < -0.4 is 11.1 Å². The summed E-state index contributed by atoms with van der Waals surface area (Å²) in [7, 11) is 0. The van der Waals surface area contributed by atoms with Crippen LogP contribution in [-0.2, 0) is 0 Å². The lowest BCUT2D eigenvalue weighted by atomic mass is 9.92. The van der Waals surface area contributed by atoms with Gasteiger partial charge in [0.2, 0.25) is 0 Å². The van der Waals surface area contributed by atoms with E-state index in [9.17, 15) is 0 Å². The minimum Gasteiger partial charge on any atom is -0.367 e. The molecule has 0 unspecified atom stereocenters. The molecular formula is C17H19N5S. The summed E-state index contributed by atoms with van der Waals surface area (Å²) >= 11 is 1.68. The molecule has 1 aliphatic carbocycles. The summed E-state index contributed by atoms with van der Waals surface area (Å²) in [6.07, 6.45) is 9.89. The average Bonchev–Trinajstić information content (AvgIpc) is 3.06. The van der Waals surface area contributed by atoms with Gasteiger partial charge in [0, 0.05) is 41.6 Å². The number of nitrogens with zero attached hydrogens (tertiary/aromatic N) is 3. The SMILES string of the molecule is NC1CCC(Nc2ccnc(-c3cncc4sccc34)n2)CC1. The number of aromatic nitrogens is 3. The second kappa shape index (κ2) is 6.22. The number of fused-ring (bicyclic) bond motifs is 1. The molecular weight excluding hydrogens is 306 g/mol. The molecule has 0 atom stereocenters. The van der Waals surface area contributed by atoms with Crippen molar-refractivity contribution in [3.05, 3.63) is 36.1 Å². The molecule has 0 aromatic carbocycles. The highest BCUT2D eigenvalue weighted by Gasteiger charge is 2.19. The fourth-order valence-electron chi connectivity index (χ4n) is 3.11. The summed E-state index contributed by atoms with van der Waals surface area (Å²) in [5.74, 6) is 1.60. The molecule has 1 aliphatic rings. The molecule has 0 spiro atoms. The summed E-state index contributed by atoms with van der Waals surface area (Å²) in [6.45, 7) is 0. The van der Waals surface area contributed by atoms with Crippen LogP contribution in [0.15, 0.2) is 36.1 Å². The molecule has 6 heteroatoms. The summed E-state index contributed by atoms with van der Waals surface area (Å²) < 4.78 is 1.16. The summed E-state index contributed by atoms with van der Waals surface area (Å²) in [5.41, 5.74) is 6.96. The van der Waals surface area contributed by atoms with Crippen LogP contribution in [0.5, 0.6) is 0 Å². The number of hydrogen-bond acceptors (Lipinski definition) is 6. The molecule has 0 saturated heterocycles. The van der Waals surface area contributed by atoms with Crippen LogP contribution in [0.25, 0.3) is 21.5 Å². The highest BCUT2D eigenvalue weighted by atomic mass is 32.1. The van der Waals surface area contributed by atoms with Gasteiger partial charge in [-0.05, 0) is 43.2 Å². The van der Waals surface area contributed by atoms with Gasteiger partial charge in [0.25, 0.3) is 0 Å². The predicted octanol–water partition coefficient (Wildman–Crippen LogP) is 3.44. The minimum atomic E-state index is 0.358. The topological polar surface area (TPSA) is 76.7 Å². The molecule has 0 amide bonds. The molecule has 1 saturated carbocycles. The van der Waals surface area contributed by atoms with E-state index in [4.69, 9.17) is 10.7 Å². The van der Waals surface area contributed by atoms with Gasteiger partial charge in [-0.15, -0.1) is 11.3 Å². The summed E-state index contributed by atoms with van der Waals surface area (Å²) in [5, 5.41) is 6.76. The zero-order valence-corrected chi connectivity index (χ0v) is 13.6. The Morgan fingerprint density at radius 2 is 2.00 bits per heavy atom. The van der Waals surface area contributed by atoms with Crippen molar-refractivity contribution in [2.45, 2.75) is 37.8 Å². The van der Waals surface area contributed by atoms with Crippen molar-refractivity contribution in [1.29, 1.82) is 0 Å². The van der Waals surface area contributed by atoms with Crippen LogP contribution in [0.1, 0.15) is 25.7 Å². The van der Waals surface area contributed by atoms with Crippen LogP contribution >= 0.6 is 11.3 Å². The first kappa shape index (κ1) is 14.5. The molecule has 1 fully saturated rings. The predicted molar refractivity (Wildman–Crippen MR) is 94.5 cm³/mol. The van der Waals surface area contributed by atoms with E-state index in [1.807, 2.05) is 24.7 Å². The van der Waals surface area contributed by atoms with E-state index in [0.29, 0.717) is 12.1 Å². The molecule has 3 aromatic heterocycles. The van der Waals surface area contributed by atoms with E-state index in [1.54, 1.807) is 11.3 Å². The first-order chi connectivity index (χ1) is 11.3. The molecule has 4 rings (SSSR count). The van der Waals surface area contributed by atoms with Crippen LogP contribution in [0.2, 0.25) is 0 Å². The second-order valence-electron chi connectivity index (χ2n) is 6.04. The Bertz CT molecular complexity index is 807. The lowest BCUT2D eigenvalue weighted by Gasteiger charge is -2.27. The Kier molecular flexibility index (Phi) is 3.93. The Hall–Kier alpha value is -2.05. The van der Waals surface area contributed by atoms with Crippen molar-refractivity contribution in [3.8, 4) is 11.4 Å². The zero-order chi connectivity index (χ0) is 15.6. The van der Waals surface area contributed by atoms with Crippen LogP contribution in [0, 0.1) is 0 Å². The van der Waals surface area contributed by atoms with Gasteiger partial charge in [0.1, 0.15) is 5.82 Å². The third-order valence-electron chi connectivity index (χ3n) is 4.40. The molecule has 3 N–H and O–H groups in total. The van der Waals surface area contributed by atoms with E-state index in [-0.39, 0.29) is 0 Å². The highest BCUT2D eigenvalue weighted by molar-refractivity contribution is 7.17. The zero-order valence-electron chi connectivity index (χ0n) is 12.8. The normalized spacial score (nSPS) is 21.4. The van der Waals surface area contributed by atoms with Crippen molar-refractivity contribution in [3.63, 3.8) is 0 Å². The maximum absolute atomic E-state index is 5.97. The van der Waals surface area contributed by atoms with E-state index >= 15 is 0 Å². The minimum absolute atomic E-state index is 0.358. The second-order valence-corrected chi connectivity index (χ2v) is 6.99.